The Morgan fingerprint density at radius 1 is 1.00 bits per heavy atom. The van der Waals surface area contributed by atoms with Gasteiger partial charge in [0.1, 0.15) is 0 Å². The van der Waals surface area contributed by atoms with E-state index in [1.807, 2.05) is 32.0 Å². The molecule has 0 saturated heterocycles. The summed E-state index contributed by atoms with van der Waals surface area (Å²) in [5.74, 6) is -0.686. The lowest BCUT2D eigenvalue weighted by atomic mass is 10.1. The second-order valence-corrected chi connectivity index (χ2v) is 6.28. The van der Waals surface area contributed by atoms with E-state index < -0.39 is 0 Å². The molecule has 0 radical (unpaired) electrons. The first-order chi connectivity index (χ1) is 12.0. The summed E-state index contributed by atoms with van der Waals surface area (Å²) in [4.78, 5) is 37.8. The molecule has 2 aromatic rings. The third-order valence-electron chi connectivity index (χ3n) is 4.32. The highest BCUT2D eigenvalue weighted by molar-refractivity contribution is 6.21. The first-order valence-electron chi connectivity index (χ1n) is 8.29. The van der Waals surface area contributed by atoms with E-state index >= 15 is 0 Å². The number of carbonyl (C=O) groups excluding carboxylic acids is 3. The molecule has 0 atom stereocenters. The van der Waals surface area contributed by atoms with E-state index in [1.165, 1.54) is 4.90 Å². The smallest absolute Gasteiger partial charge is 0.261 e. The van der Waals surface area contributed by atoms with Crippen LogP contribution in [0.15, 0.2) is 42.5 Å². The Kier molecular flexibility index (Phi) is 4.65. The van der Waals surface area contributed by atoms with E-state index in [0.717, 1.165) is 16.8 Å². The van der Waals surface area contributed by atoms with Crippen molar-refractivity contribution in [3.05, 3.63) is 64.7 Å². The Morgan fingerprint density at radius 3 is 2.24 bits per heavy atom. The summed E-state index contributed by atoms with van der Waals surface area (Å²) in [6, 6.07) is 12.6. The second-order valence-electron chi connectivity index (χ2n) is 6.28. The molecule has 1 aliphatic heterocycles. The van der Waals surface area contributed by atoms with Gasteiger partial charge in [0.25, 0.3) is 11.8 Å². The zero-order valence-electron chi connectivity index (χ0n) is 14.3. The quantitative estimate of drug-likeness (QED) is 0.852. The summed E-state index contributed by atoms with van der Waals surface area (Å²) in [5, 5.41) is 2.88. The molecule has 5 heteroatoms. The average molecular weight is 336 g/mol. The number of hydrogen-bond acceptors (Lipinski definition) is 3. The van der Waals surface area contributed by atoms with E-state index in [0.29, 0.717) is 17.5 Å². The van der Waals surface area contributed by atoms with Crippen molar-refractivity contribution in [1.29, 1.82) is 0 Å². The van der Waals surface area contributed by atoms with E-state index in [2.05, 4.69) is 5.32 Å². The standard InChI is InChI=1S/C20H20N2O3/c1-13-9-10-17(14(2)12-13)21-18(23)8-5-11-22-19(24)15-6-3-4-7-16(15)20(22)25/h3-4,6-7,9-10,12H,5,8,11H2,1-2H3,(H,21,23). The lowest BCUT2D eigenvalue weighted by Gasteiger charge is -2.14. The third kappa shape index (κ3) is 3.45. The number of rotatable bonds is 5. The number of anilines is 1. The Morgan fingerprint density at radius 2 is 1.64 bits per heavy atom. The fourth-order valence-corrected chi connectivity index (χ4v) is 3.01. The van der Waals surface area contributed by atoms with E-state index in [-0.39, 0.29) is 30.7 Å². The van der Waals surface area contributed by atoms with Crippen LogP contribution >= 0.6 is 0 Å². The van der Waals surface area contributed by atoms with Crippen molar-refractivity contribution in [3.8, 4) is 0 Å². The van der Waals surface area contributed by atoms with Gasteiger partial charge in [-0.15, -0.1) is 0 Å². The van der Waals surface area contributed by atoms with E-state index in [4.69, 9.17) is 0 Å². The molecule has 1 N–H and O–H groups in total. The number of amides is 3. The number of benzene rings is 2. The number of fused-ring (bicyclic) bond motifs is 1. The lowest BCUT2D eigenvalue weighted by molar-refractivity contribution is -0.116. The van der Waals surface area contributed by atoms with Crippen LogP contribution in [0.25, 0.3) is 0 Å². The summed E-state index contributed by atoms with van der Waals surface area (Å²) in [7, 11) is 0. The van der Waals surface area contributed by atoms with Crippen LogP contribution in [0.2, 0.25) is 0 Å². The van der Waals surface area contributed by atoms with Crippen LogP contribution in [0.5, 0.6) is 0 Å². The van der Waals surface area contributed by atoms with Crippen molar-refractivity contribution in [2.45, 2.75) is 26.7 Å². The molecule has 0 unspecified atom stereocenters. The Balaban J connectivity index is 1.54. The minimum absolute atomic E-state index is 0.122. The van der Waals surface area contributed by atoms with Gasteiger partial charge >= 0.3 is 0 Å². The topological polar surface area (TPSA) is 66.5 Å². The second kappa shape index (κ2) is 6.89. The maximum absolute atomic E-state index is 12.3. The van der Waals surface area contributed by atoms with Crippen LogP contribution in [-0.2, 0) is 4.79 Å². The molecule has 1 aliphatic rings. The molecule has 1 heterocycles. The van der Waals surface area contributed by atoms with Gasteiger partial charge in [0.15, 0.2) is 0 Å². The molecule has 0 saturated carbocycles. The van der Waals surface area contributed by atoms with Crippen molar-refractivity contribution < 1.29 is 14.4 Å². The molecule has 5 nitrogen and oxygen atoms in total. The molecule has 0 fully saturated rings. The van der Waals surface area contributed by atoms with Gasteiger partial charge in [0.05, 0.1) is 11.1 Å². The maximum Gasteiger partial charge on any atom is 0.261 e. The predicted octanol–water partition coefficient (Wildman–Crippen LogP) is 3.32. The minimum atomic E-state index is -0.282. The Labute approximate surface area is 146 Å². The Hall–Kier alpha value is -2.95. The lowest BCUT2D eigenvalue weighted by Crippen LogP contribution is -2.31. The highest BCUT2D eigenvalue weighted by atomic mass is 16.2. The molecule has 0 spiro atoms. The summed E-state index contributed by atoms with van der Waals surface area (Å²) >= 11 is 0. The van der Waals surface area contributed by atoms with Crippen molar-refractivity contribution in [2.75, 3.05) is 11.9 Å². The minimum Gasteiger partial charge on any atom is -0.326 e. The van der Waals surface area contributed by atoms with Crippen molar-refractivity contribution in [1.82, 2.24) is 4.90 Å². The molecular weight excluding hydrogens is 316 g/mol. The fourth-order valence-electron chi connectivity index (χ4n) is 3.01. The Bertz CT molecular complexity index is 823. The molecule has 0 aliphatic carbocycles. The highest BCUT2D eigenvalue weighted by Crippen LogP contribution is 2.23. The maximum atomic E-state index is 12.3. The molecular formula is C20H20N2O3. The van der Waals surface area contributed by atoms with Crippen LogP contribution in [0.1, 0.15) is 44.7 Å². The van der Waals surface area contributed by atoms with Gasteiger partial charge in [-0.1, -0.05) is 29.8 Å². The summed E-state index contributed by atoms with van der Waals surface area (Å²) in [5.41, 5.74) is 3.81. The van der Waals surface area contributed by atoms with Gasteiger partial charge in [-0.05, 0) is 44.0 Å². The van der Waals surface area contributed by atoms with Crippen LogP contribution in [0.4, 0.5) is 5.69 Å². The van der Waals surface area contributed by atoms with Gasteiger partial charge in [-0.3, -0.25) is 19.3 Å². The van der Waals surface area contributed by atoms with Crippen LogP contribution < -0.4 is 5.32 Å². The van der Waals surface area contributed by atoms with Crippen molar-refractivity contribution in [3.63, 3.8) is 0 Å². The highest BCUT2D eigenvalue weighted by Gasteiger charge is 2.34. The number of nitrogens with one attached hydrogen (secondary N) is 1. The van der Waals surface area contributed by atoms with Crippen molar-refractivity contribution >= 4 is 23.4 Å². The number of nitrogens with zero attached hydrogens (tertiary/aromatic N) is 1. The zero-order chi connectivity index (χ0) is 18.0. The number of aryl methyl sites for hydroxylation is 2. The number of imide groups is 1. The van der Waals surface area contributed by atoms with Gasteiger partial charge in [0, 0.05) is 18.7 Å². The molecule has 3 rings (SSSR count). The zero-order valence-corrected chi connectivity index (χ0v) is 14.3. The van der Waals surface area contributed by atoms with E-state index in [9.17, 15) is 14.4 Å². The van der Waals surface area contributed by atoms with Crippen molar-refractivity contribution in [2.24, 2.45) is 0 Å². The molecule has 0 aromatic heterocycles. The van der Waals surface area contributed by atoms with Crippen LogP contribution in [0, 0.1) is 13.8 Å². The molecule has 25 heavy (non-hydrogen) atoms. The normalized spacial score (nSPS) is 13.1. The molecule has 0 bridgehead atoms. The van der Waals surface area contributed by atoms with Crippen LogP contribution in [-0.4, -0.2) is 29.2 Å². The summed E-state index contributed by atoms with van der Waals surface area (Å²) in [6.07, 6.45) is 0.683. The largest absolute Gasteiger partial charge is 0.326 e. The fraction of sp³-hybridized carbons (Fsp3) is 0.250. The van der Waals surface area contributed by atoms with Gasteiger partial charge in [-0.25, -0.2) is 0 Å². The van der Waals surface area contributed by atoms with Gasteiger partial charge in [-0.2, -0.15) is 0 Å². The number of hydrogen-bond donors (Lipinski definition) is 1. The first-order valence-corrected chi connectivity index (χ1v) is 8.29. The molecule has 2 aromatic carbocycles. The monoisotopic (exact) mass is 336 g/mol. The predicted molar refractivity (Wildman–Crippen MR) is 95.6 cm³/mol. The molecule has 3 amide bonds. The van der Waals surface area contributed by atoms with Gasteiger partial charge in [0.2, 0.25) is 5.91 Å². The average Bonchev–Trinajstić information content (AvgIpc) is 2.83. The third-order valence-corrected chi connectivity index (χ3v) is 4.32. The van der Waals surface area contributed by atoms with Gasteiger partial charge < -0.3 is 5.32 Å². The SMILES string of the molecule is Cc1ccc(NC(=O)CCCN2C(=O)c3ccccc3C2=O)c(C)c1. The number of carbonyl (C=O) groups is 3. The summed E-state index contributed by atoms with van der Waals surface area (Å²) < 4.78 is 0. The van der Waals surface area contributed by atoms with E-state index in [1.54, 1.807) is 24.3 Å². The summed E-state index contributed by atoms with van der Waals surface area (Å²) in [6.45, 7) is 4.19. The first kappa shape index (κ1) is 16.9. The molecule has 128 valence electrons. The van der Waals surface area contributed by atoms with Crippen LogP contribution in [0.3, 0.4) is 0 Å².